The van der Waals surface area contributed by atoms with E-state index in [1.165, 1.54) is 0 Å². The normalized spacial score (nSPS) is 18.4. The molecule has 5 nitrogen and oxygen atoms in total. The van der Waals surface area contributed by atoms with Crippen LogP contribution >= 0.6 is 0 Å². The summed E-state index contributed by atoms with van der Waals surface area (Å²) in [6.07, 6.45) is 4.02. The van der Waals surface area contributed by atoms with Crippen LogP contribution in [0.5, 0.6) is 0 Å². The van der Waals surface area contributed by atoms with Crippen LogP contribution in [0.3, 0.4) is 0 Å². The quantitative estimate of drug-likeness (QED) is 0.858. The summed E-state index contributed by atoms with van der Waals surface area (Å²) >= 11 is 0. The second-order valence-corrected chi connectivity index (χ2v) is 5.96. The van der Waals surface area contributed by atoms with Crippen LogP contribution in [0.4, 0.5) is 0 Å². The van der Waals surface area contributed by atoms with Crippen molar-refractivity contribution >= 4 is 5.97 Å². The average molecular weight is 252 g/mol. The van der Waals surface area contributed by atoms with Gasteiger partial charge in [-0.25, -0.2) is 4.98 Å². The Morgan fingerprint density at radius 3 is 2.61 bits per heavy atom. The number of hydrogen-bond donors (Lipinski definition) is 2. The van der Waals surface area contributed by atoms with Gasteiger partial charge >= 0.3 is 5.97 Å². The Hall–Kier alpha value is -1.36. The van der Waals surface area contributed by atoms with Crippen LogP contribution in [-0.2, 0) is 16.8 Å². The number of nitrogens with one attached hydrogen (secondary N) is 1. The summed E-state index contributed by atoms with van der Waals surface area (Å²) in [7, 11) is 0. The molecule has 1 aliphatic rings. The zero-order chi connectivity index (χ0) is 13.4. The molecule has 0 radical (unpaired) electrons. The molecule has 0 amide bonds. The van der Waals surface area contributed by atoms with Gasteiger partial charge in [-0.3, -0.25) is 10.1 Å². The van der Waals surface area contributed by atoms with Crippen LogP contribution < -0.4 is 5.32 Å². The monoisotopic (exact) mass is 252 g/mol. The number of carbonyl (C=O) groups is 1. The molecule has 1 heterocycles. The largest absolute Gasteiger partial charge is 0.480 e. The van der Waals surface area contributed by atoms with Gasteiger partial charge in [-0.05, 0) is 19.3 Å². The average Bonchev–Trinajstić information content (AvgIpc) is 2.63. The van der Waals surface area contributed by atoms with Crippen LogP contribution in [0.2, 0.25) is 0 Å². The standard InChI is InChI=1S/C13H20N2O3/c1-12(2,3)9-7-14-10(18-9)8-15-13(11(16)17)5-4-6-13/h7,15H,4-6,8H2,1-3H3,(H,16,17). The highest BCUT2D eigenvalue weighted by Crippen LogP contribution is 2.32. The topological polar surface area (TPSA) is 75.4 Å². The van der Waals surface area contributed by atoms with Crippen LogP contribution in [0.25, 0.3) is 0 Å². The van der Waals surface area contributed by atoms with Gasteiger partial charge in [0.25, 0.3) is 0 Å². The maximum Gasteiger partial charge on any atom is 0.323 e. The first-order valence-corrected chi connectivity index (χ1v) is 6.27. The number of aliphatic carboxylic acids is 1. The van der Waals surface area contributed by atoms with E-state index in [9.17, 15) is 9.90 Å². The highest BCUT2D eigenvalue weighted by atomic mass is 16.4. The summed E-state index contributed by atoms with van der Waals surface area (Å²) in [6.45, 7) is 6.52. The Labute approximate surface area is 107 Å². The molecule has 0 atom stereocenters. The number of rotatable bonds is 4. The fourth-order valence-corrected chi connectivity index (χ4v) is 1.98. The Bertz CT molecular complexity index is 441. The van der Waals surface area contributed by atoms with E-state index in [2.05, 4.69) is 31.1 Å². The van der Waals surface area contributed by atoms with Crippen LogP contribution in [0.15, 0.2) is 10.6 Å². The minimum absolute atomic E-state index is 0.0772. The Morgan fingerprint density at radius 2 is 2.22 bits per heavy atom. The van der Waals surface area contributed by atoms with Gasteiger partial charge in [0.05, 0.1) is 12.7 Å². The van der Waals surface area contributed by atoms with Crippen molar-refractivity contribution in [3.05, 3.63) is 17.8 Å². The second-order valence-electron chi connectivity index (χ2n) is 5.96. The van der Waals surface area contributed by atoms with Crippen LogP contribution in [0, 0.1) is 0 Å². The smallest absolute Gasteiger partial charge is 0.323 e. The molecule has 5 heteroatoms. The van der Waals surface area contributed by atoms with Crippen molar-refractivity contribution in [2.75, 3.05) is 0 Å². The van der Waals surface area contributed by atoms with Crippen LogP contribution in [0.1, 0.15) is 51.7 Å². The van der Waals surface area contributed by atoms with Crippen LogP contribution in [-0.4, -0.2) is 21.6 Å². The molecule has 1 fully saturated rings. The number of carboxylic acids is 1. The maximum absolute atomic E-state index is 11.2. The number of hydrogen-bond acceptors (Lipinski definition) is 4. The number of aromatic nitrogens is 1. The van der Waals surface area contributed by atoms with Gasteiger partial charge in [0.2, 0.25) is 5.89 Å². The predicted molar refractivity (Wildman–Crippen MR) is 66.3 cm³/mol. The summed E-state index contributed by atoms with van der Waals surface area (Å²) in [5, 5.41) is 12.2. The molecule has 2 rings (SSSR count). The molecule has 0 saturated heterocycles. The van der Waals surface area contributed by atoms with E-state index in [-0.39, 0.29) is 5.41 Å². The molecule has 18 heavy (non-hydrogen) atoms. The molecule has 0 aliphatic heterocycles. The van der Waals surface area contributed by atoms with Crippen molar-refractivity contribution in [3.8, 4) is 0 Å². The summed E-state index contributed by atoms with van der Waals surface area (Å²) in [5.74, 6) is 0.584. The second kappa shape index (κ2) is 4.39. The van der Waals surface area contributed by atoms with E-state index in [1.807, 2.05) is 0 Å². The van der Waals surface area contributed by atoms with E-state index >= 15 is 0 Å². The molecule has 1 aromatic rings. The molecule has 100 valence electrons. The van der Waals surface area contributed by atoms with E-state index in [4.69, 9.17) is 4.42 Å². The van der Waals surface area contributed by atoms with Crippen molar-refractivity contribution in [1.82, 2.24) is 10.3 Å². The molecule has 0 unspecified atom stereocenters. The van der Waals surface area contributed by atoms with E-state index in [1.54, 1.807) is 6.20 Å². The number of oxazole rings is 1. The van der Waals surface area contributed by atoms with Gasteiger partial charge in [0.1, 0.15) is 11.3 Å². The third kappa shape index (κ3) is 2.41. The summed E-state index contributed by atoms with van der Waals surface area (Å²) in [6, 6.07) is 0. The molecule has 0 spiro atoms. The Kier molecular flexibility index (Phi) is 3.19. The lowest BCUT2D eigenvalue weighted by atomic mass is 9.77. The zero-order valence-electron chi connectivity index (χ0n) is 11.1. The first-order chi connectivity index (χ1) is 8.33. The summed E-state index contributed by atoms with van der Waals surface area (Å²) < 4.78 is 5.63. The first kappa shape index (κ1) is 13.1. The summed E-state index contributed by atoms with van der Waals surface area (Å²) in [5.41, 5.74) is -0.845. The first-order valence-electron chi connectivity index (χ1n) is 6.27. The molecular formula is C13H20N2O3. The SMILES string of the molecule is CC(C)(C)c1cnc(CNC2(C(=O)O)CCC2)o1. The zero-order valence-corrected chi connectivity index (χ0v) is 11.1. The van der Waals surface area contributed by atoms with Gasteiger partial charge < -0.3 is 9.52 Å². The van der Waals surface area contributed by atoms with Gasteiger partial charge in [-0.15, -0.1) is 0 Å². The van der Waals surface area contributed by atoms with Crippen molar-refractivity contribution in [2.24, 2.45) is 0 Å². The maximum atomic E-state index is 11.2. The molecule has 1 saturated carbocycles. The van der Waals surface area contributed by atoms with Gasteiger partial charge in [-0.1, -0.05) is 20.8 Å². The third-order valence-electron chi connectivity index (χ3n) is 3.49. The lowest BCUT2D eigenvalue weighted by molar-refractivity contribution is -0.149. The van der Waals surface area contributed by atoms with Crippen molar-refractivity contribution in [2.45, 2.75) is 57.5 Å². The van der Waals surface area contributed by atoms with Gasteiger partial charge in [0, 0.05) is 5.41 Å². The minimum Gasteiger partial charge on any atom is -0.480 e. The minimum atomic E-state index is -0.781. The molecular weight excluding hydrogens is 232 g/mol. The van der Waals surface area contributed by atoms with E-state index in [0.29, 0.717) is 25.3 Å². The predicted octanol–water partition coefficient (Wildman–Crippen LogP) is 2.07. The fraction of sp³-hybridized carbons (Fsp3) is 0.692. The molecule has 1 aromatic heterocycles. The molecule has 0 aromatic carbocycles. The van der Waals surface area contributed by atoms with Gasteiger partial charge in [-0.2, -0.15) is 0 Å². The summed E-state index contributed by atoms with van der Waals surface area (Å²) in [4.78, 5) is 15.4. The van der Waals surface area contributed by atoms with Crippen molar-refractivity contribution in [1.29, 1.82) is 0 Å². The number of nitrogens with zero attached hydrogens (tertiary/aromatic N) is 1. The van der Waals surface area contributed by atoms with E-state index in [0.717, 1.165) is 12.2 Å². The van der Waals surface area contributed by atoms with Crippen molar-refractivity contribution < 1.29 is 14.3 Å². The lowest BCUT2D eigenvalue weighted by Crippen LogP contribution is -2.56. The fourth-order valence-electron chi connectivity index (χ4n) is 1.98. The highest BCUT2D eigenvalue weighted by molar-refractivity contribution is 5.79. The van der Waals surface area contributed by atoms with Crippen molar-refractivity contribution in [3.63, 3.8) is 0 Å². The number of carboxylic acid groups (broad SMARTS) is 1. The molecule has 2 N–H and O–H groups in total. The lowest BCUT2D eigenvalue weighted by Gasteiger charge is -2.38. The third-order valence-corrected chi connectivity index (χ3v) is 3.49. The molecule has 0 bridgehead atoms. The molecule has 1 aliphatic carbocycles. The highest BCUT2D eigenvalue weighted by Gasteiger charge is 2.44. The van der Waals surface area contributed by atoms with E-state index < -0.39 is 11.5 Å². The Morgan fingerprint density at radius 1 is 1.56 bits per heavy atom. The Balaban J connectivity index is 1.98. The van der Waals surface area contributed by atoms with Gasteiger partial charge in [0.15, 0.2) is 0 Å².